The minimum absolute atomic E-state index is 0.00139. The van der Waals surface area contributed by atoms with Gasteiger partial charge in [0.1, 0.15) is 5.78 Å². The molecule has 9 heteroatoms. The van der Waals surface area contributed by atoms with Crippen LogP contribution in [0.2, 0.25) is 0 Å². The highest BCUT2D eigenvalue weighted by Crippen LogP contribution is 2.52. The van der Waals surface area contributed by atoms with Gasteiger partial charge in [0, 0.05) is 6.42 Å². The highest BCUT2D eigenvalue weighted by Gasteiger charge is 2.52. The van der Waals surface area contributed by atoms with Gasteiger partial charge >= 0.3 is 6.29 Å². The largest absolute Gasteiger partial charge is 0.586 e. The van der Waals surface area contributed by atoms with Crippen LogP contribution in [0.4, 0.5) is 8.78 Å². The SMILES string of the molecule is Cc1cc(CC(=O)C2(c3ccc4c(c3)OC(F)(F)O4)CC2)ccc1-c1cccc(S(N)(=O)=O)c1. The fourth-order valence-electron chi connectivity index (χ4n) is 4.45. The van der Waals surface area contributed by atoms with Crippen LogP contribution in [0, 0.1) is 6.92 Å². The number of nitrogens with two attached hydrogens (primary N) is 1. The molecule has 0 saturated heterocycles. The lowest BCUT2D eigenvalue weighted by Crippen LogP contribution is -2.26. The lowest BCUT2D eigenvalue weighted by Gasteiger charge is -2.16. The second-order valence-corrected chi connectivity index (χ2v) is 10.3. The number of aryl methyl sites for hydroxylation is 1. The van der Waals surface area contributed by atoms with Crippen LogP contribution >= 0.6 is 0 Å². The van der Waals surface area contributed by atoms with Crippen molar-refractivity contribution in [2.75, 3.05) is 0 Å². The van der Waals surface area contributed by atoms with Crippen LogP contribution in [0.25, 0.3) is 11.1 Å². The van der Waals surface area contributed by atoms with E-state index in [1.165, 1.54) is 24.3 Å². The smallest absolute Gasteiger partial charge is 0.395 e. The maximum absolute atomic E-state index is 13.4. The summed E-state index contributed by atoms with van der Waals surface area (Å²) in [6, 6.07) is 16.5. The summed E-state index contributed by atoms with van der Waals surface area (Å²) < 4.78 is 59.0. The molecular weight excluding hydrogens is 464 g/mol. The van der Waals surface area contributed by atoms with Crippen molar-refractivity contribution in [3.63, 3.8) is 0 Å². The summed E-state index contributed by atoms with van der Waals surface area (Å²) in [6.07, 6.45) is -2.24. The van der Waals surface area contributed by atoms with Crippen molar-refractivity contribution in [3.8, 4) is 22.6 Å². The molecular formula is C25H21F2NO5S. The van der Waals surface area contributed by atoms with Crippen LogP contribution in [0.15, 0.2) is 65.6 Å². The van der Waals surface area contributed by atoms with E-state index in [-0.39, 0.29) is 28.6 Å². The summed E-state index contributed by atoms with van der Waals surface area (Å²) in [5, 5.41) is 5.24. The Morgan fingerprint density at radius 3 is 2.41 bits per heavy atom. The topological polar surface area (TPSA) is 95.7 Å². The summed E-state index contributed by atoms with van der Waals surface area (Å²) in [5.74, 6) is -0.111. The zero-order chi connectivity index (χ0) is 24.3. The molecule has 0 atom stereocenters. The molecule has 3 aromatic carbocycles. The number of hydrogen-bond donors (Lipinski definition) is 1. The van der Waals surface area contributed by atoms with Crippen molar-refractivity contribution in [3.05, 3.63) is 77.4 Å². The summed E-state index contributed by atoms with van der Waals surface area (Å²) in [5.41, 5.74) is 3.16. The number of primary sulfonamides is 1. The first kappa shape index (κ1) is 22.5. The van der Waals surface area contributed by atoms with Gasteiger partial charge in [0.15, 0.2) is 11.5 Å². The number of ketones is 1. The predicted octanol–water partition coefficient (Wildman–Crippen LogP) is 4.47. The Bertz CT molecular complexity index is 1430. The lowest BCUT2D eigenvalue weighted by atomic mass is 9.87. The standard InChI is InChI=1S/C25H21F2NO5S/c1-15-11-16(5-7-20(15)17-3-2-4-19(13-17)34(28,30)31)12-23(29)24(9-10-24)18-6-8-21-22(14-18)33-25(26,27)32-21/h2-8,11,13-14H,9-10,12H2,1H3,(H2,28,30,31). The number of carbonyl (C=O) groups excluding carboxylic acids is 1. The van der Waals surface area contributed by atoms with Crippen LogP contribution < -0.4 is 14.6 Å². The van der Waals surface area contributed by atoms with Crippen molar-refractivity contribution in [2.45, 2.75) is 42.8 Å². The van der Waals surface area contributed by atoms with Crippen molar-refractivity contribution in [1.82, 2.24) is 0 Å². The monoisotopic (exact) mass is 485 g/mol. The van der Waals surface area contributed by atoms with Crippen LogP contribution in [0.3, 0.4) is 0 Å². The molecule has 5 rings (SSSR count). The third-order valence-corrected chi connectivity index (χ3v) is 7.28. The van der Waals surface area contributed by atoms with Crippen molar-refractivity contribution >= 4 is 15.8 Å². The molecule has 1 aliphatic carbocycles. The van der Waals surface area contributed by atoms with Gasteiger partial charge < -0.3 is 9.47 Å². The molecule has 3 aromatic rings. The van der Waals surface area contributed by atoms with Gasteiger partial charge in [0.2, 0.25) is 10.0 Å². The maximum atomic E-state index is 13.4. The fourth-order valence-corrected chi connectivity index (χ4v) is 5.01. The van der Waals surface area contributed by atoms with E-state index in [2.05, 4.69) is 9.47 Å². The van der Waals surface area contributed by atoms with Crippen molar-refractivity contribution in [1.29, 1.82) is 0 Å². The Hall–Kier alpha value is -3.30. The van der Waals surface area contributed by atoms with Crippen LogP contribution in [-0.2, 0) is 26.7 Å². The molecule has 2 aliphatic rings. The average molecular weight is 486 g/mol. The molecule has 0 bridgehead atoms. The van der Waals surface area contributed by atoms with Crippen LogP contribution in [-0.4, -0.2) is 20.5 Å². The normalized spacial score (nSPS) is 17.4. The number of alkyl halides is 2. The average Bonchev–Trinajstić information content (AvgIpc) is 3.50. The first-order valence-corrected chi connectivity index (χ1v) is 12.2. The summed E-state index contributed by atoms with van der Waals surface area (Å²) >= 11 is 0. The number of rotatable bonds is 6. The number of sulfonamides is 1. The molecule has 0 aromatic heterocycles. The van der Waals surface area contributed by atoms with Crippen LogP contribution in [0.1, 0.15) is 29.5 Å². The number of ether oxygens (including phenoxy) is 2. The summed E-state index contributed by atoms with van der Waals surface area (Å²) in [6.45, 7) is 1.89. The first-order chi connectivity index (χ1) is 16.0. The fraction of sp³-hybridized carbons (Fsp3) is 0.240. The molecule has 176 valence electrons. The van der Waals surface area contributed by atoms with Gasteiger partial charge in [-0.25, -0.2) is 13.6 Å². The molecule has 1 saturated carbocycles. The number of Topliss-reactive ketones (excluding diaryl/α,β-unsaturated/α-hetero) is 1. The molecule has 34 heavy (non-hydrogen) atoms. The van der Waals surface area contributed by atoms with E-state index in [9.17, 15) is 22.0 Å². The molecule has 0 radical (unpaired) electrons. The van der Waals surface area contributed by atoms with E-state index in [0.717, 1.165) is 16.7 Å². The molecule has 1 heterocycles. The molecule has 1 fully saturated rings. The van der Waals surface area contributed by atoms with Gasteiger partial charge in [-0.05, 0) is 71.8 Å². The minimum Gasteiger partial charge on any atom is -0.395 e. The zero-order valence-corrected chi connectivity index (χ0v) is 19.0. The minimum atomic E-state index is -3.82. The lowest BCUT2D eigenvalue weighted by molar-refractivity contribution is -0.286. The van der Waals surface area contributed by atoms with E-state index < -0.39 is 21.7 Å². The maximum Gasteiger partial charge on any atom is 0.586 e. The number of fused-ring (bicyclic) bond motifs is 1. The number of halogens is 2. The molecule has 2 N–H and O–H groups in total. The highest BCUT2D eigenvalue weighted by molar-refractivity contribution is 7.89. The predicted molar refractivity (Wildman–Crippen MR) is 120 cm³/mol. The number of benzene rings is 3. The first-order valence-electron chi connectivity index (χ1n) is 10.6. The van der Waals surface area contributed by atoms with Crippen molar-refractivity contribution < 1.29 is 31.5 Å². The zero-order valence-electron chi connectivity index (χ0n) is 18.2. The van der Waals surface area contributed by atoms with Gasteiger partial charge in [-0.3, -0.25) is 4.79 Å². The van der Waals surface area contributed by atoms with E-state index >= 15 is 0 Å². The molecule has 0 amide bonds. The summed E-state index contributed by atoms with van der Waals surface area (Å²) in [4.78, 5) is 13.3. The Morgan fingerprint density at radius 1 is 1.00 bits per heavy atom. The third-order valence-electron chi connectivity index (χ3n) is 6.37. The van der Waals surface area contributed by atoms with Gasteiger partial charge in [-0.2, -0.15) is 0 Å². The highest BCUT2D eigenvalue weighted by atomic mass is 32.2. The summed E-state index contributed by atoms with van der Waals surface area (Å²) in [7, 11) is -3.82. The second kappa shape index (κ2) is 7.61. The Labute approximate surface area is 195 Å². The van der Waals surface area contributed by atoms with Gasteiger partial charge in [-0.1, -0.05) is 36.4 Å². The van der Waals surface area contributed by atoms with E-state index in [4.69, 9.17) is 5.14 Å². The Balaban J connectivity index is 1.37. The number of carbonyl (C=O) groups is 1. The van der Waals surface area contributed by atoms with Crippen LogP contribution in [0.5, 0.6) is 11.5 Å². The van der Waals surface area contributed by atoms with Gasteiger partial charge in [0.25, 0.3) is 0 Å². The molecule has 0 unspecified atom stereocenters. The van der Waals surface area contributed by atoms with E-state index in [0.29, 0.717) is 24.0 Å². The van der Waals surface area contributed by atoms with E-state index in [1.54, 1.807) is 18.2 Å². The van der Waals surface area contributed by atoms with Gasteiger partial charge in [0.05, 0.1) is 10.3 Å². The second-order valence-electron chi connectivity index (χ2n) is 8.73. The van der Waals surface area contributed by atoms with E-state index in [1.807, 2.05) is 25.1 Å². The number of hydrogen-bond acceptors (Lipinski definition) is 5. The Morgan fingerprint density at radius 2 is 1.74 bits per heavy atom. The molecule has 0 spiro atoms. The third kappa shape index (κ3) is 4.05. The van der Waals surface area contributed by atoms with Crippen molar-refractivity contribution in [2.24, 2.45) is 5.14 Å². The van der Waals surface area contributed by atoms with Gasteiger partial charge in [-0.15, -0.1) is 8.78 Å². The molecule has 1 aliphatic heterocycles. The Kier molecular flexibility index (Phi) is 5.03. The molecule has 6 nitrogen and oxygen atoms in total. The quantitative estimate of drug-likeness (QED) is 0.556.